The van der Waals surface area contributed by atoms with Crippen LogP contribution in [0.15, 0.2) is 18.6 Å². The summed E-state index contributed by atoms with van der Waals surface area (Å²) in [5, 5.41) is 11.1. The van der Waals surface area contributed by atoms with Gasteiger partial charge in [-0.2, -0.15) is 5.26 Å². The minimum Gasteiger partial charge on any atom is -0.383 e. The monoisotopic (exact) mass is 240 g/mol. The van der Waals surface area contributed by atoms with Crippen molar-refractivity contribution in [1.29, 1.82) is 5.26 Å². The van der Waals surface area contributed by atoms with E-state index in [0.717, 1.165) is 10.8 Å². The molecule has 2 N–H and O–H groups in total. The lowest BCUT2D eigenvalue weighted by atomic mass is 9.95. The third kappa shape index (κ3) is 1.72. The van der Waals surface area contributed by atoms with Crippen molar-refractivity contribution in [1.82, 2.24) is 9.55 Å². The molecular weight excluding hydrogens is 224 g/mol. The van der Waals surface area contributed by atoms with Crippen molar-refractivity contribution in [2.24, 2.45) is 0 Å². The van der Waals surface area contributed by atoms with Gasteiger partial charge in [0.1, 0.15) is 17.5 Å². The van der Waals surface area contributed by atoms with E-state index in [-0.39, 0.29) is 0 Å². The van der Waals surface area contributed by atoms with E-state index in [0.29, 0.717) is 17.4 Å². The first-order chi connectivity index (χ1) is 8.79. The maximum atomic E-state index is 9.16. The predicted octanol–water partition coefficient (Wildman–Crippen LogP) is 3.00. The van der Waals surface area contributed by atoms with Crippen LogP contribution in [0.2, 0.25) is 0 Å². The number of nitrogens with two attached hydrogens (primary N) is 1. The number of rotatable bonds is 1. The lowest BCUT2D eigenvalue weighted by Crippen LogP contribution is -2.10. The minimum absolute atomic E-state index is 0.325. The van der Waals surface area contributed by atoms with Crippen molar-refractivity contribution in [2.45, 2.75) is 38.1 Å². The number of pyridine rings is 1. The molecule has 18 heavy (non-hydrogen) atoms. The number of anilines is 1. The molecule has 0 aliphatic heterocycles. The van der Waals surface area contributed by atoms with Crippen LogP contribution in [0.3, 0.4) is 0 Å². The van der Waals surface area contributed by atoms with E-state index in [4.69, 9.17) is 11.0 Å². The molecule has 0 spiro atoms. The summed E-state index contributed by atoms with van der Waals surface area (Å²) in [6.07, 6.45) is 12.3. The number of nitrogens with zero attached hydrogens (tertiary/aromatic N) is 3. The average molecular weight is 240 g/mol. The third-order valence-electron chi connectivity index (χ3n) is 3.85. The Morgan fingerprint density at radius 2 is 2.06 bits per heavy atom. The van der Waals surface area contributed by atoms with E-state index in [2.05, 4.69) is 28.0 Å². The number of hydrogen-bond acceptors (Lipinski definition) is 3. The first-order valence-corrected chi connectivity index (χ1v) is 6.45. The second-order valence-electron chi connectivity index (χ2n) is 5.00. The van der Waals surface area contributed by atoms with Crippen LogP contribution >= 0.6 is 0 Å². The van der Waals surface area contributed by atoms with Crippen LogP contribution < -0.4 is 5.73 Å². The maximum absolute atomic E-state index is 9.16. The lowest BCUT2D eigenvalue weighted by molar-refractivity contribution is 0.355. The van der Waals surface area contributed by atoms with Crippen molar-refractivity contribution in [3.63, 3.8) is 0 Å². The van der Waals surface area contributed by atoms with Gasteiger partial charge in [0.05, 0.1) is 0 Å². The molecule has 4 nitrogen and oxygen atoms in total. The molecule has 2 aromatic rings. The Morgan fingerprint density at radius 1 is 1.28 bits per heavy atom. The standard InChI is InChI=1S/C14H16N4/c15-6-12-13-9-18(11-4-2-1-3-5-11)8-10(13)7-17-14(12)16/h7-9,11H,1-5,16H2. The van der Waals surface area contributed by atoms with Crippen LogP contribution in [-0.4, -0.2) is 9.55 Å². The van der Waals surface area contributed by atoms with Gasteiger partial charge in [-0.05, 0) is 12.8 Å². The Kier molecular flexibility index (Phi) is 2.67. The summed E-state index contributed by atoms with van der Waals surface area (Å²) < 4.78 is 2.24. The highest BCUT2D eigenvalue weighted by Crippen LogP contribution is 2.31. The zero-order valence-corrected chi connectivity index (χ0v) is 10.3. The van der Waals surface area contributed by atoms with Crippen molar-refractivity contribution < 1.29 is 0 Å². The molecule has 2 heterocycles. The quantitative estimate of drug-likeness (QED) is 0.833. The van der Waals surface area contributed by atoms with Crippen molar-refractivity contribution in [3.05, 3.63) is 24.2 Å². The fourth-order valence-corrected chi connectivity index (χ4v) is 2.85. The van der Waals surface area contributed by atoms with E-state index >= 15 is 0 Å². The molecule has 0 aromatic carbocycles. The van der Waals surface area contributed by atoms with Crippen LogP contribution in [0, 0.1) is 11.3 Å². The Balaban J connectivity index is 2.08. The van der Waals surface area contributed by atoms with Gasteiger partial charge >= 0.3 is 0 Å². The van der Waals surface area contributed by atoms with Gasteiger partial charge in [-0.3, -0.25) is 0 Å². The minimum atomic E-state index is 0.325. The molecule has 0 radical (unpaired) electrons. The molecule has 0 amide bonds. The van der Waals surface area contributed by atoms with Gasteiger partial charge in [-0.25, -0.2) is 4.98 Å². The molecule has 1 saturated carbocycles. The van der Waals surface area contributed by atoms with Gasteiger partial charge in [0.15, 0.2) is 0 Å². The topological polar surface area (TPSA) is 67.6 Å². The lowest BCUT2D eigenvalue weighted by Gasteiger charge is -2.23. The molecule has 92 valence electrons. The molecule has 4 heteroatoms. The molecule has 1 fully saturated rings. The number of hydrogen-bond donors (Lipinski definition) is 1. The normalized spacial score (nSPS) is 16.8. The number of nitrogen functional groups attached to an aromatic ring is 1. The van der Waals surface area contributed by atoms with Gasteiger partial charge in [-0.1, -0.05) is 19.3 Å². The van der Waals surface area contributed by atoms with Crippen LogP contribution in [0.1, 0.15) is 43.7 Å². The highest BCUT2D eigenvalue weighted by molar-refractivity contribution is 5.90. The first kappa shape index (κ1) is 11.1. The summed E-state index contributed by atoms with van der Waals surface area (Å²) in [6, 6.07) is 2.72. The van der Waals surface area contributed by atoms with E-state index in [1.165, 1.54) is 32.1 Å². The van der Waals surface area contributed by atoms with Gasteiger partial charge in [0.2, 0.25) is 0 Å². The van der Waals surface area contributed by atoms with E-state index in [9.17, 15) is 0 Å². The summed E-state index contributed by atoms with van der Waals surface area (Å²) in [7, 11) is 0. The van der Waals surface area contributed by atoms with Gasteiger partial charge < -0.3 is 10.3 Å². The van der Waals surface area contributed by atoms with Gasteiger partial charge in [0.25, 0.3) is 0 Å². The van der Waals surface area contributed by atoms with E-state index in [1.807, 2.05) is 0 Å². The molecule has 3 rings (SSSR count). The second kappa shape index (κ2) is 4.34. The highest BCUT2D eigenvalue weighted by atomic mass is 15.0. The molecular formula is C14H16N4. The molecule has 2 aromatic heterocycles. The molecule has 0 saturated heterocycles. The van der Waals surface area contributed by atoms with Crippen molar-refractivity contribution in [2.75, 3.05) is 5.73 Å². The molecule has 0 bridgehead atoms. The zero-order chi connectivity index (χ0) is 12.5. The number of fused-ring (bicyclic) bond motifs is 1. The SMILES string of the molecule is N#Cc1c(N)ncc2cn(C3CCCCC3)cc12. The van der Waals surface area contributed by atoms with E-state index in [1.54, 1.807) is 6.20 Å². The molecule has 0 atom stereocenters. The summed E-state index contributed by atoms with van der Waals surface area (Å²) in [4.78, 5) is 4.08. The maximum Gasteiger partial charge on any atom is 0.142 e. The predicted molar refractivity (Wildman–Crippen MR) is 71.0 cm³/mol. The van der Waals surface area contributed by atoms with Crippen LogP contribution in [0.5, 0.6) is 0 Å². The fourth-order valence-electron chi connectivity index (χ4n) is 2.85. The van der Waals surface area contributed by atoms with Crippen LogP contribution in [0.25, 0.3) is 10.8 Å². The van der Waals surface area contributed by atoms with Crippen LogP contribution in [0.4, 0.5) is 5.82 Å². The fraction of sp³-hybridized carbons (Fsp3) is 0.429. The third-order valence-corrected chi connectivity index (χ3v) is 3.85. The molecule has 0 unspecified atom stereocenters. The Labute approximate surface area is 106 Å². The molecule has 1 aliphatic carbocycles. The Morgan fingerprint density at radius 3 is 2.78 bits per heavy atom. The Hall–Kier alpha value is -2.02. The highest BCUT2D eigenvalue weighted by Gasteiger charge is 2.17. The van der Waals surface area contributed by atoms with E-state index < -0.39 is 0 Å². The Bertz CT molecular complexity index is 614. The van der Waals surface area contributed by atoms with Gasteiger partial charge in [0, 0.05) is 35.4 Å². The van der Waals surface area contributed by atoms with Crippen molar-refractivity contribution >= 4 is 16.6 Å². The first-order valence-electron chi connectivity index (χ1n) is 6.45. The average Bonchev–Trinajstić information content (AvgIpc) is 2.84. The number of aromatic nitrogens is 2. The summed E-state index contributed by atoms with van der Waals surface area (Å²) in [6.45, 7) is 0. The van der Waals surface area contributed by atoms with Crippen molar-refractivity contribution in [3.8, 4) is 6.07 Å². The molecule has 1 aliphatic rings. The summed E-state index contributed by atoms with van der Waals surface area (Å²) in [5.41, 5.74) is 6.24. The largest absolute Gasteiger partial charge is 0.383 e. The smallest absolute Gasteiger partial charge is 0.142 e. The van der Waals surface area contributed by atoms with Crippen LogP contribution in [-0.2, 0) is 0 Å². The van der Waals surface area contributed by atoms with Gasteiger partial charge in [-0.15, -0.1) is 0 Å². The summed E-state index contributed by atoms with van der Waals surface area (Å²) >= 11 is 0. The second-order valence-corrected chi connectivity index (χ2v) is 5.00. The summed E-state index contributed by atoms with van der Waals surface area (Å²) in [5.74, 6) is 0.325. The number of nitriles is 1. The zero-order valence-electron chi connectivity index (χ0n) is 10.3.